The van der Waals surface area contributed by atoms with E-state index in [1.54, 1.807) is 0 Å². The van der Waals surface area contributed by atoms with Crippen LogP contribution in [0.2, 0.25) is 10.0 Å². The molecule has 5 nitrogen and oxygen atoms in total. The van der Waals surface area contributed by atoms with Gasteiger partial charge in [0, 0.05) is 27.8 Å². The average molecular weight is 523 g/mol. The van der Waals surface area contributed by atoms with Crippen LogP contribution in [0.4, 0.5) is 10.1 Å². The largest absolute Gasteiger partial charge is 0.324 e. The van der Waals surface area contributed by atoms with Gasteiger partial charge in [-0.1, -0.05) is 61.3 Å². The van der Waals surface area contributed by atoms with Gasteiger partial charge in [-0.3, -0.25) is 4.79 Å². The van der Waals surface area contributed by atoms with E-state index in [9.17, 15) is 17.6 Å². The molecule has 0 radical (unpaired) electrons. The first-order chi connectivity index (χ1) is 16.2. The minimum absolute atomic E-state index is 0.0160. The number of carbonyl (C=O) groups excluding carboxylic acids is 1. The van der Waals surface area contributed by atoms with Crippen LogP contribution < -0.4 is 5.32 Å². The van der Waals surface area contributed by atoms with Crippen molar-refractivity contribution in [2.75, 3.05) is 11.9 Å². The van der Waals surface area contributed by atoms with Gasteiger partial charge in [0.05, 0.1) is 11.4 Å². The van der Waals surface area contributed by atoms with Crippen molar-refractivity contribution in [3.63, 3.8) is 0 Å². The molecule has 3 aromatic rings. The lowest BCUT2D eigenvalue weighted by Gasteiger charge is -2.23. The van der Waals surface area contributed by atoms with E-state index in [2.05, 4.69) is 5.32 Å². The zero-order valence-electron chi connectivity index (χ0n) is 18.8. The second kappa shape index (κ2) is 11.3. The fourth-order valence-corrected chi connectivity index (χ4v) is 5.30. The Morgan fingerprint density at radius 2 is 1.53 bits per heavy atom. The normalized spacial score (nSPS) is 11.6. The van der Waals surface area contributed by atoms with Crippen LogP contribution in [0.3, 0.4) is 0 Å². The highest BCUT2D eigenvalue weighted by Gasteiger charge is 2.29. The van der Waals surface area contributed by atoms with Crippen LogP contribution in [-0.2, 0) is 34.2 Å². The van der Waals surface area contributed by atoms with Crippen LogP contribution >= 0.6 is 23.2 Å². The van der Waals surface area contributed by atoms with Crippen LogP contribution in [0.15, 0.2) is 65.6 Å². The van der Waals surface area contributed by atoms with E-state index in [0.717, 1.165) is 15.4 Å². The predicted octanol–water partition coefficient (Wildman–Crippen LogP) is 6.09. The molecule has 0 saturated heterocycles. The third kappa shape index (κ3) is 5.96. The molecule has 0 aromatic heterocycles. The molecule has 1 amide bonds. The standard InChI is InChI=1S/C25H25Cl2FN2O3S/c1-3-17-7-5-8-18(4-2)25(17)29-24(31)16-30(15-21-22(27)9-6-10-23(21)28)34(32,33)20-13-11-19(26)12-14-20/h5-14H,3-4,15-16H2,1-2H3,(H,29,31). The van der Waals surface area contributed by atoms with Gasteiger partial charge in [-0.2, -0.15) is 4.31 Å². The fraction of sp³-hybridized carbons (Fsp3) is 0.240. The molecule has 0 fully saturated rings. The van der Waals surface area contributed by atoms with Crippen LogP contribution in [-0.4, -0.2) is 25.2 Å². The van der Waals surface area contributed by atoms with Gasteiger partial charge in [0.2, 0.25) is 15.9 Å². The number of halogens is 3. The van der Waals surface area contributed by atoms with Gasteiger partial charge in [0.1, 0.15) is 5.82 Å². The summed E-state index contributed by atoms with van der Waals surface area (Å²) in [5.74, 6) is -1.20. The van der Waals surface area contributed by atoms with Crippen LogP contribution in [0, 0.1) is 5.82 Å². The summed E-state index contributed by atoms with van der Waals surface area (Å²) in [6.45, 7) is 3.00. The molecule has 0 bridgehead atoms. The number of sulfonamides is 1. The van der Waals surface area contributed by atoms with E-state index in [-0.39, 0.29) is 15.5 Å². The second-order valence-electron chi connectivity index (χ2n) is 7.63. The molecule has 0 heterocycles. The molecule has 0 spiro atoms. The molecular formula is C25H25Cl2FN2O3S. The fourth-order valence-electron chi connectivity index (χ4n) is 3.58. The summed E-state index contributed by atoms with van der Waals surface area (Å²) in [5, 5.41) is 3.30. The summed E-state index contributed by atoms with van der Waals surface area (Å²) >= 11 is 12.1. The Hall–Kier alpha value is -2.45. The monoisotopic (exact) mass is 522 g/mol. The smallest absolute Gasteiger partial charge is 0.243 e. The van der Waals surface area contributed by atoms with E-state index in [1.807, 2.05) is 32.0 Å². The van der Waals surface area contributed by atoms with Gasteiger partial charge in [-0.15, -0.1) is 0 Å². The maximum atomic E-state index is 14.5. The minimum Gasteiger partial charge on any atom is -0.324 e. The summed E-state index contributed by atoms with van der Waals surface area (Å²) in [4.78, 5) is 13.0. The number of hydrogen-bond donors (Lipinski definition) is 1. The van der Waals surface area contributed by atoms with E-state index in [1.165, 1.54) is 42.5 Å². The predicted molar refractivity (Wildman–Crippen MR) is 134 cm³/mol. The molecule has 0 aliphatic rings. The van der Waals surface area contributed by atoms with Gasteiger partial charge in [0.15, 0.2) is 0 Å². The topological polar surface area (TPSA) is 66.5 Å². The van der Waals surface area contributed by atoms with Crippen molar-refractivity contribution >= 4 is 44.8 Å². The van der Waals surface area contributed by atoms with Crippen molar-refractivity contribution in [3.8, 4) is 0 Å². The molecule has 1 N–H and O–H groups in total. The zero-order chi connectivity index (χ0) is 24.9. The SMILES string of the molecule is CCc1cccc(CC)c1NC(=O)CN(Cc1c(F)cccc1Cl)S(=O)(=O)c1ccc(Cl)cc1. The van der Waals surface area contributed by atoms with Crippen LogP contribution in [0.1, 0.15) is 30.5 Å². The molecule has 180 valence electrons. The van der Waals surface area contributed by atoms with Crippen molar-refractivity contribution < 1.29 is 17.6 Å². The maximum absolute atomic E-state index is 14.5. The van der Waals surface area contributed by atoms with E-state index < -0.39 is 34.8 Å². The van der Waals surface area contributed by atoms with Crippen molar-refractivity contribution in [3.05, 3.63) is 93.2 Å². The number of rotatable bonds is 9. The molecule has 0 aliphatic carbocycles. The Morgan fingerprint density at radius 3 is 2.09 bits per heavy atom. The minimum atomic E-state index is -4.18. The van der Waals surface area contributed by atoms with E-state index >= 15 is 0 Å². The van der Waals surface area contributed by atoms with Crippen molar-refractivity contribution in [1.82, 2.24) is 4.31 Å². The van der Waals surface area contributed by atoms with Gasteiger partial charge >= 0.3 is 0 Å². The Morgan fingerprint density at radius 1 is 0.941 bits per heavy atom. The number of nitrogens with one attached hydrogen (secondary N) is 1. The summed E-state index contributed by atoms with van der Waals surface area (Å²) in [5.41, 5.74) is 2.54. The lowest BCUT2D eigenvalue weighted by Crippen LogP contribution is -2.38. The number of amides is 1. The van der Waals surface area contributed by atoms with E-state index in [4.69, 9.17) is 23.2 Å². The summed E-state index contributed by atoms with van der Waals surface area (Å²) in [7, 11) is -4.18. The summed E-state index contributed by atoms with van der Waals surface area (Å²) < 4.78 is 42.3. The summed E-state index contributed by atoms with van der Waals surface area (Å²) in [6.07, 6.45) is 1.39. The molecule has 0 unspecified atom stereocenters. The first kappa shape index (κ1) is 26.2. The van der Waals surface area contributed by atoms with Crippen molar-refractivity contribution in [1.29, 1.82) is 0 Å². The number of benzene rings is 3. The highest BCUT2D eigenvalue weighted by Crippen LogP contribution is 2.26. The Labute approximate surface area is 209 Å². The van der Waals surface area contributed by atoms with Crippen LogP contribution in [0.5, 0.6) is 0 Å². The third-order valence-corrected chi connectivity index (χ3v) is 7.84. The number of carbonyl (C=O) groups is 1. The lowest BCUT2D eigenvalue weighted by atomic mass is 10.0. The lowest BCUT2D eigenvalue weighted by molar-refractivity contribution is -0.116. The number of para-hydroxylation sites is 1. The van der Waals surface area contributed by atoms with E-state index in [0.29, 0.717) is 23.6 Å². The first-order valence-corrected chi connectivity index (χ1v) is 13.0. The van der Waals surface area contributed by atoms with Crippen molar-refractivity contribution in [2.45, 2.75) is 38.1 Å². The average Bonchev–Trinajstić information content (AvgIpc) is 2.81. The molecule has 0 atom stereocenters. The Balaban J connectivity index is 1.97. The molecule has 9 heteroatoms. The number of anilines is 1. The van der Waals surface area contributed by atoms with Crippen molar-refractivity contribution in [2.24, 2.45) is 0 Å². The molecule has 3 aromatic carbocycles. The highest BCUT2D eigenvalue weighted by molar-refractivity contribution is 7.89. The number of hydrogen-bond acceptors (Lipinski definition) is 3. The summed E-state index contributed by atoms with van der Waals surface area (Å²) in [6, 6.07) is 15.4. The second-order valence-corrected chi connectivity index (χ2v) is 10.4. The molecular weight excluding hydrogens is 498 g/mol. The number of aryl methyl sites for hydroxylation is 2. The molecule has 34 heavy (non-hydrogen) atoms. The van der Waals surface area contributed by atoms with Crippen LogP contribution in [0.25, 0.3) is 0 Å². The molecule has 3 rings (SSSR count). The number of nitrogens with zero attached hydrogens (tertiary/aromatic N) is 1. The first-order valence-electron chi connectivity index (χ1n) is 10.8. The quantitative estimate of drug-likeness (QED) is 0.369. The maximum Gasteiger partial charge on any atom is 0.243 e. The highest BCUT2D eigenvalue weighted by atomic mass is 35.5. The molecule has 0 saturated carbocycles. The van der Waals surface area contributed by atoms with Gasteiger partial charge in [-0.25, -0.2) is 12.8 Å². The molecule has 0 aliphatic heterocycles. The Bertz CT molecular complexity index is 1240. The van der Waals surface area contributed by atoms with Gasteiger partial charge in [0.25, 0.3) is 0 Å². The van der Waals surface area contributed by atoms with Gasteiger partial charge < -0.3 is 5.32 Å². The third-order valence-electron chi connectivity index (χ3n) is 5.43. The zero-order valence-corrected chi connectivity index (χ0v) is 21.1. The van der Waals surface area contributed by atoms with Gasteiger partial charge in [-0.05, 0) is 60.4 Å². The Kier molecular flexibility index (Phi) is 8.71.